The van der Waals surface area contributed by atoms with Crippen molar-refractivity contribution in [2.75, 3.05) is 0 Å². The summed E-state index contributed by atoms with van der Waals surface area (Å²) in [5, 5.41) is 1.95. The molecule has 11 heavy (non-hydrogen) atoms. The first kappa shape index (κ1) is 10.5. The molecule has 0 aromatic carbocycles. The Bertz CT molecular complexity index is 177. The van der Waals surface area contributed by atoms with Crippen molar-refractivity contribution >= 4 is 22.9 Å². The van der Waals surface area contributed by atoms with Crippen LogP contribution in [0.5, 0.6) is 0 Å². The molecule has 1 fully saturated rings. The predicted octanol–water partition coefficient (Wildman–Crippen LogP) is 1.77. The molecule has 0 atom stereocenters. The number of nitrogens with one attached hydrogen (secondary N) is 1. The Morgan fingerprint density at radius 1 is 1.27 bits per heavy atom. The fourth-order valence-electron chi connectivity index (χ4n) is 0.547. The average molecular weight is 175 g/mol. The van der Waals surface area contributed by atoms with Crippen LogP contribution in [0.25, 0.3) is 0 Å². The number of amides is 2. The minimum absolute atomic E-state index is 0.197. The van der Waals surface area contributed by atoms with E-state index in [1.54, 1.807) is 13.8 Å². The first-order valence-electron chi connectivity index (χ1n) is 3.57. The van der Waals surface area contributed by atoms with E-state index in [0.29, 0.717) is 0 Å². The Morgan fingerprint density at radius 2 is 1.73 bits per heavy atom. The summed E-state index contributed by atoms with van der Waals surface area (Å²) in [5.41, 5.74) is 0. The number of hydrogen-bond acceptors (Lipinski definition) is 3. The van der Waals surface area contributed by atoms with Gasteiger partial charge in [-0.2, -0.15) is 0 Å². The lowest BCUT2D eigenvalue weighted by Gasteiger charge is -2.07. The second-order valence-electron chi connectivity index (χ2n) is 2.35. The molecule has 1 heterocycles. The van der Waals surface area contributed by atoms with Gasteiger partial charge in [-0.25, -0.2) is 0 Å². The molecule has 0 aromatic heterocycles. The second kappa shape index (κ2) is 3.76. The SMILES string of the molecule is CC.CC1(C)SC(=O)NC1=O. The van der Waals surface area contributed by atoms with Crippen LogP contribution in [0.4, 0.5) is 4.79 Å². The number of rotatable bonds is 0. The van der Waals surface area contributed by atoms with Gasteiger partial charge in [-0.1, -0.05) is 13.8 Å². The zero-order valence-corrected chi connectivity index (χ0v) is 8.04. The molecule has 0 saturated carbocycles. The molecule has 0 aliphatic carbocycles. The summed E-state index contributed by atoms with van der Waals surface area (Å²) in [5.74, 6) is -0.197. The Balaban J connectivity index is 0.000000461. The highest BCUT2D eigenvalue weighted by Gasteiger charge is 2.39. The highest BCUT2D eigenvalue weighted by atomic mass is 32.2. The van der Waals surface area contributed by atoms with E-state index in [2.05, 4.69) is 5.32 Å². The lowest BCUT2D eigenvalue weighted by Crippen LogP contribution is -2.30. The van der Waals surface area contributed by atoms with Crippen LogP contribution in [-0.4, -0.2) is 15.9 Å². The molecule has 64 valence electrons. The third kappa shape index (κ3) is 2.54. The zero-order valence-electron chi connectivity index (χ0n) is 7.22. The van der Waals surface area contributed by atoms with Gasteiger partial charge < -0.3 is 0 Å². The van der Waals surface area contributed by atoms with Crippen LogP contribution in [0.1, 0.15) is 27.7 Å². The highest BCUT2D eigenvalue weighted by molar-refractivity contribution is 8.16. The van der Waals surface area contributed by atoms with E-state index in [1.807, 2.05) is 13.8 Å². The summed E-state index contributed by atoms with van der Waals surface area (Å²) < 4.78 is -0.558. The summed E-state index contributed by atoms with van der Waals surface area (Å²) in [6, 6.07) is 0. The molecule has 3 nitrogen and oxygen atoms in total. The van der Waals surface area contributed by atoms with E-state index < -0.39 is 4.75 Å². The molecule has 1 saturated heterocycles. The molecule has 2 amide bonds. The minimum atomic E-state index is -0.558. The van der Waals surface area contributed by atoms with Crippen LogP contribution >= 0.6 is 11.8 Å². The highest BCUT2D eigenvalue weighted by Crippen LogP contribution is 2.29. The van der Waals surface area contributed by atoms with E-state index in [1.165, 1.54) is 0 Å². The van der Waals surface area contributed by atoms with Crippen LogP contribution in [-0.2, 0) is 4.79 Å². The van der Waals surface area contributed by atoms with E-state index in [0.717, 1.165) is 11.8 Å². The maximum atomic E-state index is 10.8. The lowest BCUT2D eigenvalue weighted by molar-refractivity contribution is -0.120. The average Bonchev–Trinajstić information content (AvgIpc) is 2.10. The molecule has 1 rings (SSSR count). The third-order valence-electron chi connectivity index (χ3n) is 1.11. The molecule has 0 bridgehead atoms. The van der Waals surface area contributed by atoms with Crippen molar-refractivity contribution in [3.05, 3.63) is 0 Å². The number of imide groups is 1. The molecule has 0 unspecified atom stereocenters. The summed E-state index contributed by atoms with van der Waals surface area (Å²) in [7, 11) is 0. The van der Waals surface area contributed by atoms with Gasteiger partial charge in [0.2, 0.25) is 5.91 Å². The van der Waals surface area contributed by atoms with Crippen molar-refractivity contribution in [1.29, 1.82) is 0 Å². The van der Waals surface area contributed by atoms with Gasteiger partial charge in [0.15, 0.2) is 0 Å². The quantitative estimate of drug-likeness (QED) is 0.610. The van der Waals surface area contributed by atoms with Crippen LogP contribution < -0.4 is 5.32 Å². The van der Waals surface area contributed by atoms with Gasteiger partial charge in [-0.05, 0) is 25.6 Å². The molecular formula is C7H13NO2S. The van der Waals surface area contributed by atoms with Crippen molar-refractivity contribution < 1.29 is 9.59 Å². The van der Waals surface area contributed by atoms with Crippen molar-refractivity contribution in [3.63, 3.8) is 0 Å². The number of hydrogen-bond donors (Lipinski definition) is 1. The standard InChI is InChI=1S/C5H7NO2S.C2H6/c1-5(2)3(7)6-4(8)9-5;1-2/h1-2H3,(H,6,7,8);1-2H3. The Kier molecular flexibility index (Phi) is 3.58. The van der Waals surface area contributed by atoms with Gasteiger partial charge in [-0.15, -0.1) is 0 Å². The van der Waals surface area contributed by atoms with E-state index in [9.17, 15) is 9.59 Å². The molecule has 4 heteroatoms. The van der Waals surface area contributed by atoms with Crippen molar-refractivity contribution in [1.82, 2.24) is 5.32 Å². The Labute approximate surface area is 70.9 Å². The molecule has 0 radical (unpaired) electrons. The fraction of sp³-hybridized carbons (Fsp3) is 0.714. The summed E-state index contributed by atoms with van der Waals surface area (Å²) in [4.78, 5) is 21.3. The van der Waals surface area contributed by atoms with E-state index in [-0.39, 0.29) is 11.1 Å². The molecule has 0 aromatic rings. The molecule has 1 N–H and O–H groups in total. The van der Waals surface area contributed by atoms with Gasteiger partial charge >= 0.3 is 0 Å². The second-order valence-corrected chi connectivity index (χ2v) is 3.95. The first-order valence-corrected chi connectivity index (χ1v) is 4.38. The van der Waals surface area contributed by atoms with E-state index in [4.69, 9.17) is 0 Å². The van der Waals surface area contributed by atoms with Gasteiger partial charge in [0, 0.05) is 0 Å². The fourth-order valence-corrected chi connectivity index (χ4v) is 1.30. The molecular weight excluding hydrogens is 162 g/mol. The summed E-state index contributed by atoms with van der Waals surface area (Å²) in [6.07, 6.45) is 0. The Hall–Kier alpha value is -0.510. The van der Waals surface area contributed by atoms with Crippen LogP contribution in [0, 0.1) is 0 Å². The topological polar surface area (TPSA) is 46.2 Å². The molecule has 0 spiro atoms. The Morgan fingerprint density at radius 3 is 1.82 bits per heavy atom. The number of carbonyl (C=O) groups is 2. The third-order valence-corrected chi connectivity index (χ3v) is 2.09. The predicted molar refractivity (Wildman–Crippen MR) is 46.6 cm³/mol. The van der Waals surface area contributed by atoms with E-state index >= 15 is 0 Å². The van der Waals surface area contributed by atoms with Gasteiger partial charge in [-0.3, -0.25) is 14.9 Å². The lowest BCUT2D eigenvalue weighted by atomic mass is 10.2. The maximum Gasteiger partial charge on any atom is 0.286 e. The minimum Gasteiger partial charge on any atom is -0.286 e. The summed E-state index contributed by atoms with van der Waals surface area (Å²) in [6.45, 7) is 7.44. The van der Waals surface area contributed by atoms with Crippen LogP contribution in [0.2, 0.25) is 0 Å². The van der Waals surface area contributed by atoms with Gasteiger partial charge in [0.05, 0.1) is 4.75 Å². The van der Waals surface area contributed by atoms with Gasteiger partial charge in [0.1, 0.15) is 0 Å². The van der Waals surface area contributed by atoms with Crippen molar-refractivity contribution in [2.24, 2.45) is 0 Å². The largest absolute Gasteiger partial charge is 0.286 e. The summed E-state index contributed by atoms with van der Waals surface area (Å²) >= 11 is 1.03. The zero-order chi connectivity index (χ0) is 9.07. The van der Waals surface area contributed by atoms with Crippen molar-refractivity contribution in [2.45, 2.75) is 32.4 Å². The first-order chi connectivity index (χ1) is 5.02. The molecule has 1 aliphatic heterocycles. The van der Waals surface area contributed by atoms with Crippen LogP contribution in [0.3, 0.4) is 0 Å². The molecule has 1 aliphatic rings. The number of thioether (sulfide) groups is 1. The van der Waals surface area contributed by atoms with Crippen LogP contribution in [0.15, 0.2) is 0 Å². The monoisotopic (exact) mass is 175 g/mol. The number of carbonyl (C=O) groups excluding carboxylic acids is 2. The van der Waals surface area contributed by atoms with Crippen molar-refractivity contribution in [3.8, 4) is 0 Å². The maximum absolute atomic E-state index is 10.8. The van der Waals surface area contributed by atoms with Gasteiger partial charge in [0.25, 0.3) is 5.24 Å². The normalized spacial score (nSPS) is 20.4. The smallest absolute Gasteiger partial charge is 0.286 e.